The monoisotopic (exact) mass is 602 g/mol. The average molecular weight is 603 g/mol. The van der Waals surface area contributed by atoms with Crippen LogP contribution in [0.2, 0.25) is 0 Å². The minimum Gasteiger partial charge on any atom is -0.488 e. The summed E-state index contributed by atoms with van der Waals surface area (Å²) in [6.07, 6.45) is 3.86. The molecule has 0 aliphatic carbocycles. The molecule has 0 radical (unpaired) electrons. The number of hydrogen-bond acceptors (Lipinski definition) is 9. The van der Waals surface area contributed by atoms with Gasteiger partial charge in [0, 0.05) is 38.3 Å². The Bertz CT molecular complexity index is 1410. The third-order valence-electron chi connectivity index (χ3n) is 7.69. The summed E-state index contributed by atoms with van der Waals surface area (Å²) in [4.78, 5) is 15.5. The quantitative estimate of drug-likeness (QED) is 0.181. The first-order chi connectivity index (χ1) is 20.6. The van der Waals surface area contributed by atoms with Crippen LogP contribution in [0.3, 0.4) is 0 Å². The number of aromatic nitrogens is 3. The molecular weight excluding hydrogens is 561 g/mol. The average Bonchev–Trinajstić information content (AvgIpc) is 3.41. The summed E-state index contributed by atoms with van der Waals surface area (Å²) < 4.78 is 47.6. The highest BCUT2D eigenvalue weighted by Gasteiger charge is 2.28. The second kappa shape index (κ2) is 14.3. The van der Waals surface area contributed by atoms with Gasteiger partial charge in [-0.25, -0.2) is 9.37 Å². The van der Waals surface area contributed by atoms with E-state index in [-0.39, 0.29) is 35.1 Å². The molecule has 2 saturated heterocycles. The number of hydrazone groups is 1. The Balaban J connectivity index is 0.00000207. The molecular formula is C30H41F3N8O2. The van der Waals surface area contributed by atoms with Gasteiger partial charge in [0.2, 0.25) is 0 Å². The number of alkyl halides is 2. The van der Waals surface area contributed by atoms with Crippen molar-refractivity contribution in [2.45, 2.75) is 58.7 Å². The Kier molecular flexibility index (Phi) is 10.7. The molecule has 4 heterocycles. The largest absolute Gasteiger partial charge is 0.488 e. The predicted octanol–water partition coefficient (Wildman–Crippen LogP) is 4.09. The van der Waals surface area contributed by atoms with Gasteiger partial charge in [0.1, 0.15) is 41.3 Å². The van der Waals surface area contributed by atoms with Gasteiger partial charge in [0.05, 0.1) is 29.2 Å². The van der Waals surface area contributed by atoms with Crippen molar-refractivity contribution in [3.05, 3.63) is 53.9 Å². The van der Waals surface area contributed by atoms with E-state index in [9.17, 15) is 18.3 Å². The van der Waals surface area contributed by atoms with E-state index in [2.05, 4.69) is 25.3 Å². The Labute approximate surface area is 249 Å². The Morgan fingerprint density at radius 1 is 1.21 bits per heavy atom. The number of benzene rings is 1. The number of piperidine rings is 1. The molecule has 2 aliphatic rings. The Hall–Kier alpha value is -3.55. The second-order valence-electron chi connectivity index (χ2n) is 10.9. The lowest BCUT2D eigenvalue weighted by Gasteiger charge is -2.36. The molecule has 0 amide bonds. The maximum Gasteiger partial charge on any atom is 0.320 e. The summed E-state index contributed by atoms with van der Waals surface area (Å²) in [6.45, 7) is 9.27. The van der Waals surface area contributed by atoms with E-state index in [4.69, 9.17) is 15.6 Å². The number of fused-ring (bicyclic) bond motifs is 1. The zero-order valence-corrected chi connectivity index (χ0v) is 25.1. The number of nitrogens with two attached hydrogens (primary N) is 1. The lowest BCUT2D eigenvalue weighted by molar-refractivity contribution is 0.00393. The molecule has 5 rings (SSSR count). The van der Waals surface area contributed by atoms with Gasteiger partial charge in [-0.3, -0.25) is 14.5 Å². The topological polar surface area (TPSA) is 126 Å². The van der Waals surface area contributed by atoms with Crippen LogP contribution in [0.25, 0.3) is 11.0 Å². The van der Waals surface area contributed by atoms with E-state index in [1.807, 2.05) is 20.8 Å². The van der Waals surface area contributed by atoms with Crippen LogP contribution in [-0.2, 0) is 5.60 Å². The van der Waals surface area contributed by atoms with Crippen molar-refractivity contribution in [2.75, 3.05) is 39.3 Å². The van der Waals surface area contributed by atoms with Crippen LogP contribution in [0.5, 0.6) is 5.75 Å². The molecule has 1 unspecified atom stereocenters. The van der Waals surface area contributed by atoms with Crippen molar-refractivity contribution in [3.63, 3.8) is 0 Å². The molecule has 2 aromatic heterocycles. The minimum atomic E-state index is -2.87. The number of hydrogen-bond donors (Lipinski definition) is 3. The number of halogens is 3. The van der Waals surface area contributed by atoms with Gasteiger partial charge in [-0.2, -0.15) is 13.9 Å². The number of ether oxygens (including phenoxy) is 1. The molecule has 1 aromatic carbocycles. The molecule has 0 saturated carbocycles. The Morgan fingerprint density at radius 3 is 2.51 bits per heavy atom. The fourth-order valence-electron chi connectivity index (χ4n) is 5.30. The molecule has 3 aromatic rings. The number of nitrogens with zero attached hydrogens (tertiary/aromatic N) is 6. The van der Waals surface area contributed by atoms with E-state index in [1.165, 1.54) is 25.1 Å². The van der Waals surface area contributed by atoms with E-state index >= 15 is 0 Å². The van der Waals surface area contributed by atoms with Crippen LogP contribution in [0, 0.1) is 11.7 Å². The molecule has 0 bridgehead atoms. The maximum atomic E-state index is 13.8. The van der Waals surface area contributed by atoms with Crippen LogP contribution >= 0.6 is 0 Å². The number of nitrogens with one attached hydrogen (secondary N) is 1. The van der Waals surface area contributed by atoms with Gasteiger partial charge in [0.25, 0.3) is 0 Å². The van der Waals surface area contributed by atoms with E-state index in [0.29, 0.717) is 21.6 Å². The number of rotatable bonds is 10. The van der Waals surface area contributed by atoms with Crippen molar-refractivity contribution >= 4 is 22.5 Å². The molecule has 0 spiro atoms. The Morgan fingerprint density at radius 2 is 1.93 bits per heavy atom. The number of aliphatic imine (C=N–C) groups is 1. The molecule has 1 atom stereocenters. The predicted molar refractivity (Wildman–Crippen MR) is 161 cm³/mol. The first-order valence-electron chi connectivity index (χ1n) is 14.7. The highest BCUT2D eigenvalue weighted by molar-refractivity contribution is 6.47. The highest BCUT2D eigenvalue weighted by Crippen LogP contribution is 2.32. The lowest BCUT2D eigenvalue weighted by atomic mass is 9.99. The smallest absolute Gasteiger partial charge is 0.320 e. The fourth-order valence-corrected chi connectivity index (χ4v) is 5.30. The number of likely N-dealkylation sites (tertiary alicyclic amines) is 1. The second-order valence-corrected chi connectivity index (χ2v) is 10.9. The van der Waals surface area contributed by atoms with Crippen molar-refractivity contribution in [1.29, 1.82) is 0 Å². The van der Waals surface area contributed by atoms with E-state index < -0.39 is 18.0 Å². The third kappa shape index (κ3) is 7.70. The summed E-state index contributed by atoms with van der Waals surface area (Å²) in [7, 11) is 0. The molecule has 43 heavy (non-hydrogen) atoms. The van der Waals surface area contributed by atoms with Crippen molar-refractivity contribution in [3.8, 4) is 5.75 Å². The summed E-state index contributed by atoms with van der Waals surface area (Å²) in [5.74, 6) is 6.04. The van der Waals surface area contributed by atoms with Crippen LogP contribution in [0.15, 0.2) is 46.9 Å². The molecule has 234 valence electrons. The van der Waals surface area contributed by atoms with Gasteiger partial charge in [-0.15, -0.1) is 0 Å². The highest BCUT2D eigenvalue weighted by atomic mass is 19.3. The van der Waals surface area contributed by atoms with E-state index in [0.717, 1.165) is 64.0 Å². The van der Waals surface area contributed by atoms with Gasteiger partial charge < -0.3 is 25.9 Å². The third-order valence-corrected chi connectivity index (χ3v) is 7.69. The number of imidazole rings is 1. The molecule has 2 fully saturated rings. The summed E-state index contributed by atoms with van der Waals surface area (Å²) in [6, 6.07) is 5.78. The van der Waals surface area contributed by atoms with Gasteiger partial charge >= 0.3 is 6.55 Å². The van der Waals surface area contributed by atoms with Crippen LogP contribution < -0.4 is 15.9 Å². The van der Waals surface area contributed by atoms with Gasteiger partial charge in [0.15, 0.2) is 0 Å². The first kappa shape index (κ1) is 32.4. The molecule has 2 aliphatic heterocycles. The summed E-state index contributed by atoms with van der Waals surface area (Å²) >= 11 is 0. The molecule has 4 N–H and O–H groups in total. The zero-order valence-electron chi connectivity index (χ0n) is 25.1. The maximum absolute atomic E-state index is 13.8. The summed E-state index contributed by atoms with van der Waals surface area (Å²) in [5.41, 5.74) is 0.310. The lowest BCUT2D eigenvalue weighted by Crippen LogP contribution is -2.50. The standard InChI is InChI=1S/C28H35F3N8O2.C2H6/c1-17(36-21-5-7-38(8-6-21)14-18-11-33-12-18)25(37-32)19-9-22-26(39(16-35-22)27(30)31)23(10-19)41-15-28(2,40)24-4-3-20(29)13-34-24;1-2/h3-4,9-10,13,16,18,21,27,33,40H,5-8,11-12,14-15,32H2,1-2H3;1-2H3/b36-17?,37-25+;. The fraction of sp³-hybridized carbons (Fsp3) is 0.533. The van der Waals surface area contributed by atoms with Crippen molar-refractivity contribution < 1.29 is 23.0 Å². The SMILES string of the molecule is CC.CC(=NC1CCN(CC2CNC2)CC1)/C(=N\N)c1cc(OCC(C)(O)c2ccc(F)cn2)c2c(c1)ncn2C(F)F. The normalized spacial score (nSPS) is 18.7. The minimum absolute atomic E-state index is 0.0467. The zero-order chi connectivity index (χ0) is 31.1. The first-order valence-corrected chi connectivity index (χ1v) is 14.7. The molecule has 13 heteroatoms. The van der Waals surface area contributed by atoms with Crippen LogP contribution in [0.4, 0.5) is 13.2 Å². The van der Waals surface area contributed by atoms with Crippen LogP contribution in [-0.4, -0.2) is 81.3 Å². The van der Waals surface area contributed by atoms with Crippen LogP contribution in [0.1, 0.15) is 58.3 Å². The van der Waals surface area contributed by atoms with Gasteiger partial charge in [-0.1, -0.05) is 13.8 Å². The van der Waals surface area contributed by atoms with E-state index in [1.54, 1.807) is 6.07 Å². The van der Waals surface area contributed by atoms with Gasteiger partial charge in [-0.05, 0) is 56.9 Å². The summed E-state index contributed by atoms with van der Waals surface area (Å²) in [5, 5.41) is 18.3. The van der Waals surface area contributed by atoms with Crippen molar-refractivity contribution in [2.24, 2.45) is 21.9 Å². The molecule has 10 nitrogen and oxygen atoms in total. The number of aliphatic hydroxyl groups is 1. The van der Waals surface area contributed by atoms with Crippen molar-refractivity contribution in [1.82, 2.24) is 24.8 Å². The number of pyridine rings is 1.